The van der Waals surface area contributed by atoms with Crippen LogP contribution >= 0.6 is 0 Å². The van der Waals surface area contributed by atoms with Gasteiger partial charge >= 0.3 is 0 Å². The molecule has 1 heteroatoms. The summed E-state index contributed by atoms with van der Waals surface area (Å²) in [6, 6.07) is 96.8. The highest BCUT2D eigenvalue weighted by atomic mass is 15.1. The molecule has 0 heterocycles. The van der Waals surface area contributed by atoms with Gasteiger partial charge in [0.15, 0.2) is 0 Å². The van der Waals surface area contributed by atoms with Gasteiger partial charge in [-0.2, -0.15) is 0 Å². The first-order valence-electron chi connectivity index (χ1n) is 24.2. The van der Waals surface area contributed by atoms with Crippen LogP contribution in [0.3, 0.4) is 0 Å². The van der Waals surface area contributed by atoms with E-state index in [0.29, 0.717) is 0 Å². The molecule has 0 N–H and O–H groups in total. The van der Waals surface area contributed by atoms with Crippen molar-refractivity contribution in [3.63, 3.8) is 0 Å². The molecule has 326 valence electrons. The largest absolute Gasteiger partial charge is 0.310 e. The van der Waals surface area contributed by atoms with Crippen molar-refractivity contribution in [2.75, 3.05) is 4.90 Å². The predicted molar refractivity (Wildman–Crippen MR) is 290 cm³/mol. The molecule has 0 radical (unpaired) electrons. The van der Waals surface area contributed by atoms with Gasteiger partial charge < -0.3 is 4.90 Å². The van der Waals surface area contributed by atoms with Gasteiger partial charge in [-0.25, -0.2) is 0 Å². The van der Waals surface area contributed by atoms with E-state index in [0.717, 1.165) is 17.1 Å². The van der Waals surface area contributed by atoms with Crippen LogP contribution in [0.4, 0.5) is 17.1 Å². The summed E-state index contributed by atoms with van der Waals surface area (Å²) < 4.78 is 0. The molecule has 0 spiro atoms. The average Bonchev–Trinajstić information content (AvgIpc) is 3.84. The lowest BCUT2D eigenvalue weighted by Crippen LogP contribution is -2.28. The lowest BCUT2D eigenvalue weighted by Gasteiger charge is -2.35. The Morgan fingerprint density at radius 1 is 0.290 bits per heavy atom. The van der Waals surface area contributed by atoms with Crippen LogP contribution in [0.25, 0.3) is 66.4 Å². The second-order valence-electron chi connectivity index (χ2n) is 19.2. The smallest absolute Gasteiger partial charge is 0.0714 e. The van der Waals surface area contributed by atoms with Gasteiger partial charge in [0, 0.05) is 22.5 Å². The summed E-state index contributed by atoms with van der Waals surface area (Å²) in [5.74, 6) is 0. The van der Waals surface area contributed by atoms with Crippen LogP contribution in [0.15, 0.2) is 261 Å². The zero-order valence-corrected chi connectivity index (χ0v) is 38.8. The molecule has 0 fully saturated rings. The van der Waals surface area contributed by atoms with Crippen molar-refractivity contribution in [2.45, 2.75) is 24.7 Å². The van der Waals surface area contributed by atoms with Gasteiger partial charge in [-0.1, -0.05) is 232 Å². The van der Waals surface area contributed by atoms with Crippen molar-refractivity contribution in [1.82, 2.24) is 0 Å². The molecule has 0 saturated heterocycles. The summed E-state index contributed by atoms with van der Waals surface area (Å²) in [7, 11) is 0. The maximum Gasteiger partial charge on any atom is 0.0714 e. The van der Waals surface area contributed by atoms with Crippen molar-refractivity contribution >= 4 is 27.8 Å². The van der Waals surface area contributed by atoms with Crippen molar-refractivity contribution in [2.24, 2.45) is 0 Å². The third kappa shape index (κ3) is 6.38. The Labute approximate surface area is 405 Å². The second-order valence-corrected chi connectivity index (χ2v) is 19.2. The minimum absolute atomic E-state index is 0.0979. The summed E-state index contributed by atoms with van der Waals surface area (Å²) in [5, 5.41) is 2.49. The van der Waals surface area contributed by atoms with Crippen LogP contribution in [-0.2, 0) is 10.8 Å². The van der Waals surface area contributed by atoms with Crippen LogP contribution in [0, 0.1) is 0 Å². The van der Waals surface area contributed by atoms with Crippen molar-refractivity contribution in [3.8, 4) is 55.6 Å². The van der Waals surface area contributed by atoms with E-state index in [2.05, 4.69) is 280 Å². The number of anilines is 3. The summed E-state index contributed by atoms with van der Waals surface area (Å²) >= 11 is 0. The van der Waals surface area contributed by atoms with Gasteiger partial charge in [0.25, 0.3) is 0 Å². The van der Waals surface area contributed by atoms with Crippen LogP contribution < -0.4 is 4.90 Å². The highest BCUT2D eigenvalue weighted by Gasteiger charge is 2.46. The Bertz CT molecular complexity index is 3680. The topological polar surface area (TPSA) is 3.24 Å². The van der Waals surface area contributed by atoms with E-state index in [4.69, 9.17) is 0 Å². The molecule has 0 amide bonds. The van der Waals surface area contributed by atoms with E-state index in [1.165, 1.54) is 99.8 Å². The lowest BCUT2D eigenvalue weighted by molar-refractivity contribution is 0.660. The molecule has 11 aromatic carbocycles. The van der Waals surface area contributed by atoms with E-state index in [1.54, 1.807) is 0 Å². The summed E-state index contributed by atoms with van der Waals surface area (Å²) in [5.41, 5.74) is 23.1. The van der Waals surface area contributed by atoms with Crippen molar-refractivity contribution < 1.29 is 0 Å². The summed E-state index contributed by atoms with van der Waals surface area (Å²) in [4.78, 5) is 2.43. The molecular formula is C68H49N. The number of hydrogen-bond donors (Lipinski definition) is 0. The third-order valence-corrected chi connectivity index (χ3v) is 15.2. The second kappa shape index (κ2) is 16.1. The van der Waals surface area contributed by atoms with Gasteiger partial charge in [0.2, 0.25) is 0 Å². The minimum Gasteiger partial charge on any atom is -0.310 e. The Kier molecular flexibility index (Phi) is 9.49. The first kappa shape index (κ1) is 40.7. The third-order valence-electron chi connectivity index (χ3n) is 15.2. The maximum absolute atomic E-state index is 2.47. The highest BCUT2D eigenvalue weighted by molar-refractivity contribution is 6.05. The molecule has 13 rings (SSSR count). The fourth-order valence-electron chi connectivity index (χ4n) is 11.9. The highest BCUT2D eigenvalue weighted by Crippen LogP contribution is 2.57. The average molecular weight is 880 g/mol. The number of benzene rings is 11. The fourth-order valence-corrected chi connectivity index (χ4v) is 11.9. The molecule has 1 nitrogen and oxygen atoms in total. The molecule has 2 aliphatic carbocycles. The maximum atomic E-state index is 2.47. The molecule has 0 unspecified atom stereocenters. The van der Waals surface area contributed by atoms with Crippen molar-refractivity contribution in [1.29, 1.82) is 0 Å². The van der Waals surface area contributed by atoms with Crippen LogP contribution in [-0.4, -0.2) is 0 Å². The zero-order chi connectivity index (χ0) is 46.1. The molecule has 69 heavy (non-hydrogen) atoms. The van der Waals surface area contributed by atoms with Gasteiger partial charge in [0.1, 0.15) is 0 Å². The number of rotatable bonds is 8. The van der Waals surface area contributed by atoms with E-state index >= 15 is 0 Å². The fraction of sp³-hybridized carbons (Fsp3) is 0.0588. The van der Waals surface area contributed by atoms with Crippen LogP contribution in [0.1, 0.15) is 47.2 Å². The molecule has 0 aliphatic heterocycles. The Hall–Kier alpha value is -8.52. The molecule has 11 aromatic rings. The Morgan fingerprint density at radius 2 is 0.754 bits per heavy atom. The van der Waals surface area contributed by atoms with Gasteiger partial charge in [-0.15, -0.1) is 0 Å². The summed E-state index contributed by atoms with van der Waals surface area (Å²) in [6.07, 6.45) is 0. The van der Waals surface area contributed by atoms with E-state index < -0.39 is 5.41 Å². The molecule has 0 atom stereocenters. The molecule has 0 bridgehead atoms. The minimum atomic E-state index is -0.515. The molecule has 0 aromatic heterocycles. The normalized spacial score (nSPS) is 13.6. The van der Waals surface area contributed by atoms with E-state index in [1.807, 2.05) is 0 Å². The lowest BCUT2D eigenvalue weighted by atomic mass is 9.67. The van der Waals surface area contributed by atoms with Crippen LogP contribution in [0.2, 0.25) is 0 Å². The summed E-state index contributed by atoms with van der Waals surface area (Å²) in [6.45, 7) is 4.74. The SMILES string of the molecule is CC1(C)c2ccccc2-c2ccc(-c3c(-c4ccc(N(c5ccc(-c6ccccc6)cc5)c5ccc6c(c5)C(c5ccccc5)(c5ccccc5)c5ccccc5-6)cc4)ccc4ccccc34)cc21. The van der Waals surface area contributed by atoms with Crippen molar-refractivity contribution in [3.05, 3.63) is 294 Å². The monoisotopic (exact) mass is 879 g/mol. The standard InChI is InChI=1S/C68H49N/c1-67(2)62-28-16-14-26-58(62)60-42-35-50(44-64(60)67)66-56-25-13-12-20-48(56)34-41-57(66)49-32-38-54(39-33-49)69(53-36-30-47(31-37-53)46-18-6-3-7-19-46)55-40-43-61-59-27-15-17-29-63(59)68(65(61)45-55,51-21-8-4-9-22-51)52-23-10-5-11-24-52/h3-45H,1-2H3. The Morgan fingerprint density at radius 3 is 1.43 bits per heavy atom. The number of fused-ring (bicyclic) bond motifs is 7. The number of hydrogen-bond acceptors (Lipinski definition) is 1. The zero-order valence-electron chi connectivity index (χ0n) is 38.8. The van der Waals surface area contributed by atoms with Gasteiger partial charge in [-0.05, 0) is 142 Å². The van der Waals surface area contributed by atoms with Gasteiger partial charge in [-0.3, -0.25) is 0 Å². The van der Waals surface area contributed by atoms with E-state index in [-0.39, 0.29) is 5.41 Å². The predicted octanol–water partition coefficient (Wildman–Crippen LogP) is 18.0. The van der Waals surface area contributed by atoms with E-state index in [9.17, 15) is 0 Å². The molecule has 0 saturated carbocycles. The number of nitrogens with zero attached hydrogens (tertiary/aromatic N) is 1. The quantitative estimate of drug-likeness (QED) is 0.147. The van der Waals surface area contributed by atoms with Gasteiger partial charge in [0.05, 0.1) is 5.41 Å². The molecular weight excluding hydrogens is 831 g/mol. The van der Waals surface area contributed by atoms with Crippen LogP contribution in [0.5, 0.6) is 0 Å². The molecule has 2 aliphatic rings. The first-order chi connectivity index (χ1) is 34.0. The first-order valence-corrected chi connectivity index (χ1v) is 24.2. The Balaban J connectivity index is 0.978.